The van der Waals surface area contributed by atoms with Crippen LogP contribution in [-0.4, -0.2) is 24.2 Å². The second kappa shape index (κ2) is 8.77. The molecule has 0 aromatic heterocycles. The van der Waals surface area contributed by atoms with Crippen molar-refractivity contribution in [3.05, 3.63) is 29.3 Å². The van der Waals surface area contributed by atoms with Crippen LogP contribution in [0.3, 0.4) is 0 Å². The first-order valence-electron chi connectivity index (χ1n) is 6.33. The maximum atomic E-state index is 12.0. The van der Waals surface area contributed by atoms with Crippen molar-refractivity contribution in [1.82, 2.24) is 5.32 Å². The van der Waals surface area contributed by atoms with Gasteiger partial charge in [0.25, 0.3) is 5.91 Å². The van der Waals surface area contributed by atoms with Crippen molar-refractivity contribution in [2.75, 3.05) is 18.9 Å². The molecule has 4 nitrogen and oxygen atoms in total. The Labute approximate surface area is 120 Å². The van der Waals surface area contributed by atoms with Crippen molar-refractivity contribution in [1.29, 1.82) is 0 Å². The van der Waals surface area contributed by atoms with Crippen LogP contribution in [-0.2, 0) is 0 Å². The molecule has 4 N–H and O–H groups in total. The van der Waals surface area contributed by atoms with Crippen LogP contribution in [0.15, 0.2) is 18.2 Å². The molecule has 1 unspecified atom stereocenters. The summed E-state index contributed by atoms with van der Waals surface area (Å²) in [6.07, 6.45) is 1.66. The number of anilines is 1. The number of aryl methyl sites for hydroxylation is 1. The molecule has 0 aliphatic rings. The van der Waals surface area contributed by atoms with Crippen LogP contribution in [0.4, 0.5) is 5.69 Å². The van der Waals surface area contributed by atoms with E-state index in [1.54, 1.807) is 12.1 Å². The maximum Gasteiger partial charge on any atom is 0.251 e. The highest BCUT2D eigenvalue weighted by Gasteiger charge is 2.11. The Morgan fingerprint density at radius 1 is 1.47 bits per heavy atom. The largest absolute Gasteiger partial charge is 0.399 e. The second-order valence-corrected chi connectivity index (χ2v) is 4.57. The van der Waals surface area contributed by atoms with Gasteiger partial charge in [0.15, 0.2) is 0 Å². The molecule has 0 heterocycles. The van der Waals surface area contributed by atoms with Gasteiger partial charge in [0, 0.05) is 24.4 Å². The first kappa shape index (κ1) is 17.7. The van der Waals surface area contributed by atoms with E-state index in [0.717, 1.165) is 12.0 Å². The number of nitrogen functional groups attached to an aromatic ring is 1. The molecule has 0 aliphatic carbocycles. The number of carbonyl (C=O) groups is 1. The van der Waals surface area contributed by atoms with E-state index in [1.165, 1.54) is 0 Å². The van der Waals surface area contributed by atoms with E-state index < -0.39 is 0 Å². The van der Waals surface area contributed by atoms with Gasteiger partial charge in [0.2, 0.25) is 0 Å². The Morgan fingerprint density at radius 2 is 2.16 bits per heavy atom. The zero-order chi connectivity index (χ0) is 13.5. The molecule has 1 amide bonds. The van der Waals surface area contributed by atoms with E-state index in [-0.39, 0.29) is 24.9 Å². The topological polar surface area (TPSA) is 75.3 Å². The highest BCUT2D eigenvalue weighted by atomic mass is 35.5. The van der Waals surface area contributed by atoms with Crippen LogP contribution in [0.2, 0.25) is 0 Å². The van der Waals surface area contributed by atoms with E-state index in [2.05, 4.69) is 12.2 Å². The molecule has 0 saturated carbocycles. The Bertz CT molecular complexity index is 410. The minimum Gasteiger partial charge on any atom is -0.399 e. The number of carbonyl (C=O) groups excluding carboxylic acids is 1. The quantitative estimate of drug-likeness (QED) is 0.701. The number of nitrogens with two attached hydrogens (primary N) is 1. The first-order chi connectivity index (χ1) is 8.58. The van der Waals surface area contributed by atoms with Crippen LogP contribution < -0.4 is 11.1 Å². The summed E-state index contributed by atoms with van der Waals surface area (Å²) >= 11 is 0. The summed E-state index contributed by atoms with van der Waals surface area (Å²) < 4.78 is 0. The van der Waals surface area contributed by atoms with Crippen LogP contribution in [0.1, 0.15) is 35.7 Å². The number of hydrogen-bond acceptors (Lipinski definition) is 3. The van der Waals surface area contributed by atoms with E-state index >= 15 is 0 Å². The van der Waals surface area contributed by atoms with Crippen LogP contribution in [0.25, 0.3) is 0 Å². The third-order valence-corrected chi connectivity index (χ3v) is 3.17. The molecule has 0 fully saturated rings. The summed E-state index contributed by atoms with van der Waals surface area (Å²) in [5.41, 5.74) is 7.81. The summed E-state index contributed by atoms with van der Waals surface area (Å²) in [7, 11) is 0. The lowest BCUT2D eigenvalue weighted by molar-refractivity contribution is 0.0943. The maximum absolute atomic E-state index is 12.0. The van der Waals surface area contributed by atoms with E-state index in [4.69, 9.17) is 10.8 Å². The average Bonchev–Trinajstić information content (AvgIpc) is 2.37. The molecule has 5 heteroatoms. The van der Waals surface area contributed by atoms with Gasteiger partial charge in [-0.3, -0.25) is 4.79 Å². The van der Waals surface area contributed by atoms with Gasteiger partial charge in [0.05, 0.1) is 0 Å². The fourth-order valence-corrected chi connectivity index (χ4v) is 1.85. The number of aliphatic hydroxyl groups excluding tert-OH is 1. The summed E-state index contributed by atoms with van der Waals surface area (Å²) in [5.74, 6) is 0.219. The van der Waals surface area contributed by atoms with Gasteiger partial charge >= 0.3 is 0 Å². The zero-order valence-electron chi connectivity index (χ0n) is 11.5. The fraction of sp³-hybridized carbons (Fsp3) is 0.500. The molecular formula is C14H23ClN2O2. The third-order valence-electron chi connectivity index (χ3n) is 3.17. The number of halogens is 1. The molecule has 1 atom stereocenters. The Hall–Kier alpha value is -1.26. The smallest absolute Gasteiger partial charge is 0.251 e. The van der Waals surface area contributed by atoms with Crippen molar-refractivity contribution < 1.29 is 9.90 Å². The first-order valence-corrected chi connectivity index (χ1v) is 6.33. The molecule has 0 spiro atoms. The predicted octanol–water partition coefficient (Wildman–Crippen LogP) is 2.14. The SMILES string of the molecule is CCC(CCO)CNC(=O)c1cc(N)ccc1C.Cl. The molecule has 108 valence electrons. The standard InChI is InChI=1S/C14H22N2O2.ClH/c1-3-11(6-7-17)9-16-14(18)13-8-12(15)5-4-10(13)2;/h4-5,8,11,17H,3,6-7,9,15H2,1-2H3,(H,16,18);1H. The van der Waals surface area contributed by atoms with E-state index in [9.17, 15) is 4.79 Å². The van der Waals surface area contributed by atoms with Gasteiger partial charge in [-0.2, -0.15) is 0 Å². The van der Waals surface area contributed by atoms with Crippen molar-refractivity contribution in [3.63, 3.8) is 0 Å². The van der Waals surface area contributed by atoms with Gasteiger partial charge in [0.1, 0.15) is 0 Å². The van der Waals surface area contributed by atoms with Gasteiger partial charge in [-0.05, 0) is 37.0 Å². The molecule has 0 radical (unpaired) electrons. The third kappa shape index (κ3) is 5.49. The molecule has 0 bridgehead atoms. The van der Waals surface area contributed by atoms with Crippen molar-refractivity contribution >= 4 is 24.0 Å². The number of nitrogens with one attached hydrogen (secondary N) is 1. The molecule has 0 aliphatic heterocycles. The van der Waals surface area contributed by atoms with Crippen LogP contribution in [0.5, 0.6) is 0 Å². The molecular weight excluding hydrogens is 264 g/mol. The lowest BCUT2D eigenvalue weighted by Crippen LogP contribution is -2.30. The zero-order valence-corrected chi connectivity index (χ0v) is 12.3. The van der Waals surface area contributed by atoms with Crippen molar-refractivity contribution in [2.24, 2.45) is 5.92 Å². The predicted molar refractivity (Wildman–Crippen MR) is 80.7 cm³/mol. The van der Waals surface area contributed by atoms with E-state index in [1.807, 2.05) is 13.0 Å². The van der Waals surface area contributed by atoms with Crippen LogP contribution in [0, 0.1) is 12.8 Å². The summed E-state index contributed by atoms with van der Waals surface area (Å²) in [4.78, 5) is 12.0. The summed E-state index contributed by atoms with van der Waals surface area (Å²) in [6, 6.07) is 5.32. The molecule has 1 rings (SSSR count). The van der Waals surface area contributed by atoms with Gasteiger partial charge in [-0.15, -0.1) is 12.4 Å². The van der Waals surface area contributed by atoms with Gasteiger partial charge in [-0.1, -0.05) is 19.4 Å². The van der Waals surface area contributed by atoms with Crippen molar-refractivity contribution in [3.8, 4) is 0 Å². The summed E-state index contributed by atoms with van der Waals surface area (Å²) in [6.45, 7) is 4.69. The Morgan fingerprint density at radius 3 is 2.74 bits per heavy atom. The average molecular weight is 287 g/mol. The Kier molecular flexibility index (Phi) is 8.19. The fourth-order valence-electron chi connectivity index (χ4n) is 1.85. The highest BCUT2D eigenvalue weighted by molar-refractivity contribution is 5.96. The molecule has 1 aromatic rings. The van der Waals surface area contributed by atoms with Gasteiger partial charge in [-0.25, -0.2) is 0 Å². The monoisotopic (exact) mass is 286 g/mol. The van der Waals surface area contributed by atoms with Gasteiger partial charge < -0.3 is 16.2 Å². The van der Waals surface area contributed by atoms with Crippen LogP contribution >= 0.6 is 12.4 Å². The number of benzene rings is 1. The van der Waals surface area contributed by atoms with E-state index in [0.29, 0.717) is 30.1 Å². The normalized spacial score (nSPS) is 11.5. The number of amides is 1. The Balaban J connectivity index is 0.00000324. The number of rotatable bonds is 6. The lowest BCUT2D eigenvalue weighted by atomic mass is 10.0. The number of hydrogen-bond donors (Lipinski definition) is 3. The minimum atomic E-state index is -0.101. The molecule has 19 heavy (non-hydrogen) atoms. The second-order valence-electron chi connectivity index (χ2n) is 4.57. The summed E-state index contributed by atoms with van der Waals surface area (Å²) in [5, 5.41) is 11.8. The molecule has 0 saturated heterocycles. The molecule has 1 aromatic carbocycles. The van der Waals surface area contributed by atoms with Crippen molar-refractivity contribution in [2.45, 2.75) is 26.7 Å². The minimum absolute atomic E-state index is 0. The highest BCUT2D eigenvalue weighted by Crippen LogP contribution is 2.13. The number of aliphatic hydroxyl groups is 1. The lowest BCUT2D eigenvalue weighted by Gasteiger charge is -2.15.